The number of carbonyl (C=O) groups is 1. The second-order valence-corrected chi connectivity index (χ2v) is 5.73. The van der Waals surface area contributed by atoms with Crippen molar-refractivity contribution in [2.24, 2.45) is 0 Å². The van der Waals surface area contributed by atoms with Crippen molar-refractivity contribution in [3.8, 4) is 11.5 Å². The summed E-state index contributed by atoms with van der Waals surface area (Å²) in [6, 6.07) is 11.0. The topological polar surface area (TPSA) is 55.8 Å². The first-order valence-corrected chi connectivity index (χ1v) is 7.87. The summed E-state index contributed by atoms with van der Waals surface area (Å²) in [5.41, 5.74) is 3.00. The first-order valence-electron chi connectivity index (χ1n) is 7.49. The first kappa shape index (κ1) is 17.9. The molecular formula is C19H19ClO4. The van der Waals surface area contributed by atoms with E-state index >= 15 is 0 Å². The molecule has 0 atom stereocenters. The Labute approximate surface area is 146 Å². The van der Waals surface area contributed by atoms with Gasteiger partial charge in [-0.2, -0.15) is 0 Å². The van der Waals surface area contributed by atoms with Gasteiger partial charge in [0.15, 0.2) is 0 Å². The number of carboxylic acid groups (broad SMARTS) is 1. The average molecular weight is 347 g/mol. The predicted octanol–water partition coefficient (Wildman–Crippen LogP) is 4.51. The maximum atomic E-state index is 10.7. The van der Waals surface area contributed by atoms with Crippen LogP contribution in [0.25, 0.3) is 6.08 Å². The highest BCUT2D eigenvalue weighted by Crippen LogP contribution is 2.24. The van der Waals surface area contributed by atoms with Crippen molar-refractivity contribution in [1.82, 2.24) is 0 Å². The number of ether oxygens (including phenoxy) is 2. The van der Waals surface area contributed by atoms with E-state index in [2.05, 4.69) is 6.92 Å². The fourth-order valence-electron chi connectivity index (χ4n) is 2.06. The Hall–Kier alpha value is -2.46. The van der Waals surface area contributed by atoms with Crippen LogP contribution < -0.4 is 9.47 Å². The molecule has 2 rings (SSSR count). The van der Waals surface area contributed by atoms with Crippen LogP contribution in [0.4, 0.5) is 0 Å². The number of benzene rings is 2. The quantitative estimate of drug-likeness (QED) is 0.592. The summed E-state index contributed by atoms with van der Waals surface area (Å²) in [6.07, 6.45) is 2.50. The molecule has 0 aliphatic carbocycles. The molecule has 0 bridgehead atoms. The molecule has 0 unspecified atom stereocenters. The van der Waals surface area contributed by atoms with Crippen LogP contribution >= 0.6 is 11.6 Å². The van der Waals surface area contributed by atoms with Crippen LogP contribution in [-0.4, -0.2) is 24.3 Å². The smallest absolute Gasteiger partial charge is 0.328 e. The molecule has 0 aliphatic rings. The second kappa shape index (κ2) is 8.41. The van der Waals surface area contributed by atoms with E-state index in [0.29, 0.717) is 29.5 Å². The van der Waals surface area contributed by atoms with E-state index in [9.17, 15) is 4.79 Å². The highest BCUT2D eigenvalue weighted by atomic mass is 35.5. The minimum atomic E-state index is -1.03. The number of aryl methyl sites for hydroxylation is 2. The zero-order valence-corrected chi connectivity index (χ0v) is 14.3. The van der Waals surface area contributed by atoms with E-state index in [-0.39, 0.29) is 0 Å². The lowest BCUT2D eigenvalue weighted by Crippen LogP contribution is -2.09. The molecule has 5 heteroatoms. The zero-order chi connectivity index (χ0) is 17.5. The summed E-state index contributed by atoms with van der Waals surface area (Å²) < 4.78 is 11.3. The Bertz CT molecular complexity index is 753. The van der Waals surface area contributed by atoms with Crippen LogP contribution in [0.1, 0.15) is 16.7 Å². The van der Waals surface area contributed by atoms with Gasteiger partial charge in [0.1, 0.15) is 24.7 Å². The molecule has 126 valence electrons. The fourth-order valence-corrected chi connectivity index (χ4v) is 2.24. The molecule has 4 nitrogen and oxygen atoms in total. The van der Waals surface area contributed by atoms with Crippen molar-refractivity contribution >= 4 is 23.6 Å². The summed E-state index contributed by atoms with van der Waals surface area (Å²) in [4.78, 5) is 10.7. The van der Waals surface area contributed by atoms with Gasteiger partial charge in [-0.1, -0.05) is 17.7 Å². The third kappa shape index (κ3) is 5.32. The van der Waals surface area contributed by atoms with E-state index in [1.807, 2.05) is 25.1 Å². The van der Waals surface area contributed by atoms with Gasteiger partial charge < -0.3 is 14.6 Å². The number of aliphatic carboxylic acids is 1. The SMILES string of the molecule is Cc1ccc(OCCOc2ccc(Cl)cc2C=CC(=O)O)cc1C. The van der Waals surface area contributed by atoms with Crippen LogP contribution in [0.5, 0.6) is 11.5 Å². The standard InChI is InChI=1S/C19H19ClO4/c1-13-3-6-17(11-14(13)2)23-9-10-24-18-7-5-16(20)12-15(18)4-8-19(21)22/h3-8,11-12H,9-10H2,1-2H3,(H,21,22). The monoisotopic (exact) mass is 346 g/mol. The summed E-state index contributed by atoms with van der Waals surface area (Å²) in [5, 5.41) is 9.25. The Balaban J connectivity index is 1.94. The third-order valence-corrected chi connectivity index (χ3v) is 3.70. The van der Waals surface area contributed by atoms with Gasteiger partial charge in [-0.3, -0.25) is 0 Å². The minimum Gasteiger partial charge on any atom is -0.490 e. The molecule has 0 heterocycles. The van der Waals surface area contributed by atoms with E-state index in [1.165, 1.54) is 17.2 Å². The molecule has 0 fully saturated rings. The van der Waals surface area contributed by atoms with Gasteiger partial charge in [0, 0.05) is 16.7 Å². The Morgan fingerprint density at radius 1 is 1.08 bits per heavy atom. The zero-order valence-electron chi connectivity index (χ0n) is 13.6. The highest BCUT2D eigenvalue weighted by Gasteiger charge is 2.04. The molecule has 2 aromatic rings. The first-order chi connectivity index (χ1) is 11.5. The third-order valence-electron chi connectivity index (χ3n) is 3.47. The fraction of sp³-hybridized carbons (Fsp3) is 0.211. The van der Waals surface area contributed by atoms with Crippen molar-refractivity contribution in [1.29, 1.82) is 0 Å². The van der Waals surface area contributed by atoms with Gasteiger partial charge in [0.2, 0.25) is 0 Å². The number of carboxylic acids is 1. The molecule has 0 aromatic heterocycles. The molecular weight excluding hydrogens is 328 g/mol. The van der Waals surface area contributed by atoms with Crippen molar-refractivity contribution < 1.29 is 19.4 Å². The Morgan fingerprint density at radius 3 is 2.54 bits per heavy atom. The molecule has 0 amide bonds. The van der Waals surface area contributed by atoms with Gasteiger partial charge in [0.05, 0.1) is 0 Å². The molecule has 1 N–H and O–H groups in total. The largest absolute Gasteiger partial charge is 0.490 e. The molecule has 0 saturated heterocycles. The van der Waals surface area contributed by atoms with Gasteiger partial charge >= 0.3 is 5.97 Å². The van der Waals surface area contributed by atoms with Crippen LogP contribution in [0, 0.1) is 13.8 Å². The van der Waals surface area contributed by atoms with Crippen molar-refractivity contribution in [2.75, 3.05) is 13.2 Å². The summed E-state index contributed by atoms with van der Waals surface area (Å²) >= 11 is 5.94. The van der Waals surface area contributed by atoms with Gasteiger partial charge in [-0.05, 0) is 61.4 Å². The van der Waals surface area contributed by atoms with E-state index in [0.717, 1.165) is 11.8 Å². The molecule has 0 aliphatic heterocycles. The molecule has 0 radical (unpaired) electrons. The second-order valence-electron chi connectivity index (χ2n) is 5.30. The summed E-state index contributed by atoms with van der Waals surface area (Å²) in [6.45, 7) is 4.80. The van der Waals surface area contributed by atoms with Crippen LogP contribution in [0.3, 0.4) is 0 Å². The van der Waals surface area contributed by atoms with E-state index in [1.54, 1.807) is 18.2 Å². The Kier molecular flexibility index (Phi) is 6.27. The lowest BCUT2D eigenvalue weighted by molar-refractivity contribution is -0.131. The predicted molar refractivity (Wildman–Crippen MR) is 95.0 cm³/mol. The number of halogens is 1. The molecule has 24 heavy (non-hydrogen) atoms. The van der Waals surface area contributed by atoms with Crippen LogP contribution in [0.2, 0.25) is 5.02 Å². The number of hydrogen-bond acceptors (Lipinski definition) is 3. The molecule has 2 aromatic carbocycles. The average Bonchev–Trinajstić information content (AvgIpc) is 2.54. The van der Waals surface area contributed by atoms with Crippen LogP contribution in [-0.2, 0) is 4.79 Å². The van der Waals surface area contributed by atoms with Gasteiger partial charge in [0.25, 0.3) is 0 Å². The summed E-state index contributed by atoms with van der Waals surface area (Å²) in [5.74, 6) is 0.323. The van der Waals surface area contributed by atoms with Gasteiger partial charge in [-0.15, -0.1) is 0 Å². The lowest BCUT2D eigenvalue weighted by Gasteiger charge is -2.11. The van der Waals surface area contributed by atoms with E-state index < -0.39 is 5.97 Å². The van der Waals surface area contributed by atoms with Crippen molar-refractivity contribution in [3.63, 3.8) is 0 Å². The minimum absolute atomic E-state index is 0.336. The van der Waals surface area contributed by atoms with Crippen molar-refractivity contribution in [2.45, 2.75) is 13.8 Å². The number of rotatable bonds is 7. The van der Waals surface area contributed by atoms with Gasteiger partial charge in [-0.25, -0.2) is 4.79 Å². The maximum Gasteiger partial charge on any atom is 0.328 e. The van der Waals surface area contributed by atoms with E-state index in [4.69, 9.17) is 26.2 Å². The highest BCUT2D eigenvalue weighted by molar-refractivity contribution is 6.30. The van der Waals surface area contributed by atoms with Crippen molar-refractivity contribution in [3.05, 3.63) is 64.2 Å². The molecule has 0 spiro atoms. The maximum absolute atomic E-state index is 10.7. The lowest BCUT2D eigenvalue weighted by atomic mass is 10.1. The molecule has 0 saturated carbocycles. The number of hydrogen-bond donors (Lipinski definition) is 1. The Morgan fingerprint density at radius 2 is 1.83 bits per heavy atom. The van der Waals surface area contributed by atoms with Crippen LogP contribution in [0.15, 0.2) is 42.5 Å². The normalized spacial score (nSPS) is 10.8. The summed E-state index contributed by atoms with van der Waals surface area (Å²) in [7, 11) is 0.